The highest BCUT2D eigenvalue weighted by atomic mass is 19.1. The van der Waals surface area contributed by atoms with Gasteiger partial charge in [-0.15, -0.1) is 0 Å². The van der Waals surface area contributed by atoms with E-state index in [9.17, 15) is 4.39 Å². The van der Waals surface area contributed by atoms with E-state index in [0.717, 1.165) is 5.46 Å². The molecule has 2 aliphatic rings. The van der Waals surface area contributed by atoms with Gasteiger partial charge in [-0.1, -0.05) is 0 Å². The molecule has 2 aliphatic heterocycles. The zero-order chi connectivity index (χ0) is 15.3. The van der Waals surface area contributed by atoms with Crippen LogP contribution in [0.1, 0.15) is 40.2 Å². The zero-order valence-corrected chi connectivity index (χ0v) is 13.0. The summed E-state index contributed by atoms with van der Waals surface area (Å²) in [7, 11) is -0.457. The minimum atomic E-state index is -1.02. The van der Waals surface area contributed by atoms with Crippen molar-refractivity contribution < 1.29 is 18.4 Å². The Morgan fingerprint density at radius 1 is 1.29 bits per heavy atom. The third-order valence-electron chi connectivity index (χ3n) is 4.74. The summed E-state index contributed by atoms with van der Waals surface area (Å²) in [5, 5.41) is 4.29. The first-order valence-electron chi connectivity index (χ1n) is 7.42. The molecule has 1 aromatic rings. The molecule has 21 heavy (non-hydrogen) atoms. The Morgan fingerprint density at radius 2 is 1.95 bits per heavy atom. The highest BCUT2D eigenvalue weighted by Gasteiger charge is 2.52. The van der Waals surface area contributed by atoms with E-state index in [4.69, 9.17) is 14.0 Å². The van der Waals surface area contributed by atoms with Crippen molar-refractivity contribution in [1.82, 2.24) is 9.78 Å². The molecule has 0 bridgehead atoms. The Labute approximate surface area is 124 Å². The monoisotopic (exact) mass is 296 g/mol. The smallest absolute Gasteiger partial charge is 0.399 e. The lowest BCUT2D eigenvalue weighted by atomic mass is 9.82. The van der Waals surface area contributed by atoms with Crippen molar-refractivity contribution in [3.05, 3.63) is 12.4 Å². The Balaban J connectivity index is 1.77. The third-order valence-corrected chi connectivity index (χ3v) is 4.74. The van der Waals surface area contributed by atoms with Gasteiger partial charge in [0.05, 0.1) is 23.9 Å². The fourth-order valence-electron chi connectivity index (χ4n) is 2.62. The lowest BCUT2D eigenvalue weighted by Gasteiger charge is -2.32. The van der Waals surface area contributed by atoms with Crippen LogP contribution in [0.3, 0.4) is 0 Å². The summed E-state index contributed by atoms with van der Waals surface area (Å²) in [6.07, 6.45) is 3.13. The van der Waals surface area contributed by atoms with Crippen LogP contribution in [0.2, 0.25) is 0 Å². The fourth-order valence-corrected chi connectivity index (χ4v) is 2.62. The summed E-state index contributed by atoms with van der Waals surface area (Å²) >= 11 is 0. The molecule has 3 heterocycles. The molecular formula is C14H22BFN2O3. The van der Waals surface area contributed by atoms with Crippen LogP contribution in [0, 0.1) is 0 Å². The first-order valence-corrected chi connectivity index (χ1v) is 7.42. The number of nitrogens with zero attached hydrogens (tertiary/aromatic N) is 2. The standard InChI is InChI=1S/C14H22BFN2O3/c1-13(2)14(3,4)21-15(20-13)10-7-17-18(8-10)12-5-6-19-9-11(12)16/h7-8,11-12H,5-6,9H2,1-4H3/t11-,12-/m0/s1. The van der Waals surface area contributed by atoms with Gasteiger partial charge in [0.1, 0.15) is 6.17 Å². The van der Waals surface area contributed by atoms with Crippen LogP contribution >= 0.6 is 0 Å². The first-order chi connectivity index (χ1) is 9.80. The van der Waals surface area contributed by atoms with Gasteiger partial charge in [-0.2, -0.15) is 5.10 Å². The SMILES string of the molecule is CC1(C)OB(c2cnn([C@H]3CCOC[C@@H]3F)c2)OC1(C)C. The lowest BCUT2D eigenvalue weighted by molar-refractivity contribution is -0.000116. The molecule has 0 saturated carbocycles. The number of hydrogen-bond acceptors (Lipinski definition) is 4. The van der Waals surface area contributed by atoms with Crippen LogP contribution < -0.4 is 5.46 Å². The molecule has 2 fully saturated rings. The van der Waals surface area contributed by atoms with Gasteiger partial charge in [-0.3, -0.25) is 4.68 Å². The van der Waals surface area contributed by atoms with Gasteiger partial charge in [0, 0.05) is 24.5 Å². The maximum Gasteiger partial charge on any atom is 0.498 e. The van der Waals surface area contributed by atoms with Crippen molar-refractivity contribution in [2.45, 2.75) is 57.5 Å². The molecule has 0 spiro atoms. The molecule has 0 unspecified atom stereocenters. The number of rotatable bonds is 2. The molecule has 1 aromatic heterocycles. The van der Waals surface area contributed by atoms with E-state index in [0.29, 0.717) is 13.0 Å². The fraction of sp³-hybridized carbons (Fsp3) is 0.786. The molecule has 3 rings (SSSR count). The van der Waals surface area contributed by atoms with Crippen LogP contribution in [0.4, 0.5) is 4.39 Å². The molecule has 0 amide bonds. The van der Waals surface area contributed by atoms with E-state index in [1.807, 2.05) is 33.9 Å². The normalized spacial score (nSPS) is 31.6. The molecule has 0 aromatic carbocycles. The minimum Gasteiger partial charge on any atom is -0.399 e. The molecule has 2 saturated heterocycles. The van der Waals surface area contributed by atoms with E-state index in [-0.39, 0.29) is 23.9 Å². The summed E-state index contributed by atoms with van der Waals surface area (Å²) in [4.78, 5) is 0. The minimum absolute atomic E-state index is 0.135. The van der Waals surface area contributed by atoms with E-state index in [2.05, 4.69) is 5.10 Å². The van der Waals surface area contributed by atoms with Gasteiger partial charge in [0.2, 0.25) is 0 Å². The molecule has 5 nitrogen and oxygen atoms in total. The second kappa shape index (κ2) is 5.07. The second-order valence-electron chi connectivity index (χ2n) is 6.79. The van der Waals surface area contributed by atoms with Crippen LogP contribution in [-0.2, 0) is 14.0 Å². The predicted octanol–water partition coefficient (Wildman–Crippen LogP) is 1.48. The summed E-state index contributed by atoms with van der Waals surface area (Å²) < 4.78 is 32.7. The Bertz CT molecular complexity index is 504. The van der Waals surface area contributed by atoms with Gasteiger partial charge < -0.3 is 14.0 Å². The van der Waals surface area contributed by atoms with E-state index in [1.54, 1.807) is 10.9 Å². The van der Waals surface area contributed by atoms with Crippen molar-refractivity contribution in [3.8, 4) is 0 Å². The van der Waals surface area contributed by atoms with Gasteiger partial charge in [-0.05, 0) is 34.1 Å². The predicted molar refractivity (Wildman–Crippen MR) is 77.3 cm³/mol. The van der Waals surface area contributed by atoms with Gasteiger partial charge in [-0.25, -0.2) is 4.39 Å². The average molecular weight is 296 g/mol. The maximum atomic E-state index is 13.9. The number of alkyl halides is 1. The largest absolute Gasteiger partial charge is 0.498 e. The molecule has 7 heteroatoms. The highest BCUT2D eigenvalue weighted by Crippen LogP contribution is 2.36. The Hall–Kier alpha value is -0.915. The summed E-state index contributed by atoms with van der Waals surface area (Å²) in [6.45, 7) is 8.73. The van der Waals surface area contributed by atoms with Crippen LogP contribution in [0.15, 0.2) is 12.4 Å². The van der Waals surface area contributed by atoms with Crippen molar-refractivity contribution in [2.75, 3.05) is 13.2 Å². The van der Waals surface area contributed by atoms with Crippen LogP contribution in [-0.4, -0.2) is 47.5 Å². The average Bonchev–Trinajstić information content (AvgIpc) is 2.94. The lowest BCUT2D eigenvalue weighted by Crippen LogP contribution is -2.41. The van der Waals surface area contributed by atoms with E-state index >= 15 is 0 Å². The number of hydrogen-bond donors (Lipinski definition) is 0. The second-order valence-corrected chi connectivity index (χ2v) is 6.79. The molecular weight excluding hydrogens is 274 g/mol. The van der Waals surface area contributed by atoms with Crippen LogP contribution in [0.5, 0.6) is 0 Å². The zero-order valence-electron chi connectivity index (χ0n) is 13.0. The molecule has 2 atom stereocenters. The maximum absolute atomic E-state index is 13.9. The summed E-state index contributed by atoms with van der Waals surface area (Å²) in [6, 6.07) is -0.269. The number of halogens is 1. The number of ether oxygens (including phenoxy) is 1. The van der Waals surface area contributed by atoms with E-state index < -0.39 is 13.3 Å². The Kier molecular flexibility index (Phi) is 3.62. The summed E-state index contributed by atoms with van der Waals surface area (Å²) in [5.74, 6) is 0. The summed E-state index contributed by atoms with van der Waals surface area (Å²) in [5.41, 5.74) is 0.0506. The molecule has 0 aliphatic carbocycles. The molecule has 0 radical (unpaired) electrons. The quantitative estimate of drug-likeness (QED) is 0.776. The van der Waals surface area contributed by atoms with Crippen molar-refractivity contribution >= 4 is 12.6 Å². The number of aromatic nitrogens is 2. The van der Waals surface area contributed by atoms with Gasteiger partial charge in [0.15, 0.2) is 0 Å². The molecule has 0 N–H and O–H groups in total. The van der Waals surface area contributed by atoms with Crippen molar-refractivity contribution in [1.29, 1.82) is 0 Å². The van der Waals surface area contributed by atoms with Crippen LogP contribution in [0.25, 0.3) is 0 Å². The topological polar surface area (TPSA) is 45.5 Å². The van der Waals surface area contributed by atoms with E-state index in [1.165, 1.54) is 0 Å². The van der Waals surface area contributed by atoms with Gasteiger partial charge in [0.25, 0.3) is 0 Å². The Morgan fingerprint density at radius 3 is 2.57 bits per heavy atom. The first kappa shape index (κ1) is 15.0. The van der Waals surface area contributed by atoms with Gasteiger partial charge >= 0.3 is 7.12 Å². The third kappa shape index (κ3) is 2.62. The van der Waals surface area contributed by atoms with Crippen molar-refractivity contribution in [3.63, 3.8) is 0 Å². The van der Waals surface area contributed by atoms with Crippen molar-refractivity contribution in [2.24, 2.45) is 0 Å². The highest BCUT2D eigenvalue weighted by molar-refractivity contribution is 6.61. The molecule has 116 valence electrons.